The van der Waals surface area contributed by atoms with E-state index in [4.69, 9.17) is 0 Å². The predicted molar refractivity (Wildman–Crippen MR) is 158 cm³/mol. The zero-order chi connectivity index (χ0) is 25.0. The summed E-state index contributed by atoms with van der Waals surface area (Å²) in [6, 6.07) is 0. The van der Waals surface area contributed by atoms with Gasteiger partial charge in [-0.1, -0.05) is 175 Å². The van der Waals surface area contributed by atoms with E-state index in [0.29, 0.717) is 0 Å². The molecule has 0 N–H and O–H groups in total. The molecule has 0 heterocycles. The number of unbranched alkanes of at least 4 members (excludes halogenated alkanes) is 22. The summed E-state index contributed by atoms with van der Waals surface area (Å²) in [6.45, 7) is 9.46. The molecule has 0 aliphatic carbocycles. The maximum atomic E-state index is 2.55. The van der Waals surface area contributed by atoms with Gasteiger partial charge in [-0.05, 0) is 32.4 Å². The Bertz CT molecular complexity index is 324. The minimum Gasteiger partial charge on any atom is -0.306 e. The van der Waals surface area contributed by atoms with Gasteiger partial charge in [0.25, 0.3) is 0 Å². The normalized spacial score (nSPS) is 11.8. The third kappa shape index (κ3) is 26.6. The Kier molecular flexibility index (Phi) is 29.2. The molecule has 206 valence electrons. The van der Waals surface area contributed by atoms with Gasteiger partial charge in [-0.3, -0.25) is 0 Å². The van der Waals surface area contributed by atoms with Gasteiger partial charge in [-0.15, -0.1) is 0 Å². The van der Waals surface area contributed by atoms with Crippen LogP contribution in [0.5, 0.6) is 0 Å². The average molecular weight is 480 g/mol. The van der Waals surface area contributed by atoms with Crippen LogP contribution in [0.25, 0.3) is 0 Å². The van der Waals surface area contributed by atoms with Gasteiger partial charge in [0.05, 0.1) is 0 Å². The molecule has 1 heteroatoms. The van der Waals surface area contributed by atoms with Gasteiger partial charge < -0.3 is 4.90 Å². The van der Waals surface area contributed by atoms with Gasteiger partial charge in [-0.25, -0.2) is 0 Å². The van der Waals surface area contributed by atoms with Crippen molar-refractivity contribution >= 4 is 0 Å². The molecule has 0 aliphatic heterocycles. The van der Waals surface area contributed by atoms with Crippen LogP contribution in [0.4, 0.5) is 0 Å². The van der Waals surface area contributed by atoms with Crippen LogP contribution in [0, 0.1) is 5.92 Å². The van der Waals surface area contributed by atoms with Crippen LogP contribution >= 0.6 is 0 Å². The fraction of sp³-hybridized carbons (Fsp3) is 1.00. The van der Waals surface area contributed by atoms with Crippen LogP contribution in [-0.4, -0.2) is 25.0 Å². The Balaban J connectivity index is 3.62. The lowest BCUT2D eigenvalue weighted by Crippen LogP contribution is -2.25. The van der Waals surface area contributed by atoms with Crippen molar-refractivity contribution in [1.82, 2.24) is 4.90 Å². The van der Waals surface area contributed by atoms with Crippen LogP contribution in [-0.2, 0) is 0 Å². The zero-order valence-electron chi connectivity index (χ0n) is 24.8. The first kappa shape index (κ1) is 34.0. The largest absolute Gasteiger partial charge is 0.306 e. The number of nitrogens with zero attached hydrogens (tertiary/aromatic N) is 1. The highest BCUT2D eigenvalue weighted by Gasteiger charge is 2.11. The summed E-state index contributed by atoms with van der Waals surface area (Å²) < 4.78 is 0. The van der Waals surface area contributed by atoms with Crippen LogP contribution in [0.15, 0.2) is 0 Å². The maximum absolute atomic E-state index is 2.55. The average Bonchev–Trinajstić information content (AvgIpc) is 2.84. The second kappa shape index (κ2) is 29.2. The van der Waals surface area contributed by atoms with E-state index in [1.54, 1.807) is 0 Å². The molecular formula is C33H69N. The summed E-state index contributed by atoms with van der Waals surface area (Å²) in [6.07, 6.45) is 38.1. The number of hydrogen-bond donors (Lipinski definition) is 0. The van der Waals surface area contributed by atoms with Gasteiger partial charge in [0.2, 0.25) is 0 Å². The first-order valence-corrected chi connectivity index (χ1v) is 16.4. The summed E-state index contributed by atoms with van der Waals surface area (Å²) in [5.41, 5.74) is 0. The van der Waals surface area contributed by atoms with E-state index in [9.17, 15) is 0 Å². The van der Waals surface area contributed by atoms with Gasteiger partial charge in [-0.2, -0.15) is 0 Å². The molecule has 0 aromatic rings. The SMILES string of the molecule is CCCCCCCCCCCCCCC(CCCCCCCCCCCCCC)CN(C)CC. The van der Waals surface area contributed by atoms with Crippen LogP contribution < -0.4 is 0 Å². The summed E-state index contributed by atoms with van der Waals surface area (Å²) in [5, 5.41) is 0. The first-order chi connectivity index (χ1) is 16.7. The molecule has 0 aliphatic rings. The van der Waals surface area contributed by atoms with E-state index in [1.807, 2.05) is 0 Å². The van der Waals surface area contributed by atoms with Crippen molar-refractivity contribution in [1.29, 1.82) is 0 Å². The fourth-order valence-corrected chi connectivity index (χ4v) is 5.44. The quantitative estimate of drug-likeness (QED) is 0.0964. The topological polar surface area (TPSA) is 3.24 Å². The third-order valence-electron chi connectivity index (χ3n) is 8.04. The first-order valence-electron chi connectivity index (χ1n) is 16.4. The molecule has 0 aromatic heterocycles. The van der Waals surface area contributed by atoms with Gasteiger partial charge >= 0.3 is 0 Å². The molecule has 34 heavy (non-hydrogen) atoms. The van der Waals surface area contributed by atoms with Crippen LogP contribution in [0.3, 0.4) is 0 Å². The van der Waals surface area contributed by atoms with Gasteiger partial charge in [0, 0.05) is 6.54 Å². The molecular weight excluding hydrogens is 410 g/mol. The van der Waals surface area contributed by atoms with E-state index in [0.717, 1.165) is 5.92 Å². The maximum Gasteiger partial charge on any atom is 0.000649 e. The minimum absolute atomic E-state index is 0.941. The van der Waals surface area contributed by atoms with E-state index in [2.05, 4.69) is 32.7 Å². The smallest absolute Gasteiger partial charge is 0.000649 e. The molecule has 0 radical (unpaired) electrons. The van der Waals surface area contributed by atoms with Crippen LogP contribution in [0.2, 0.25) is 0 Å². The number of rotatable bonds is 29. The molecule has 1 nitrogen and oxygen atoms in total. The summed E-state index contributed by atoms with van der Waals surface area (Å²) >= 11 is 0. The molecule has 0 unspecified atom stereocenters. The highest BCUT2D eigenvalue weighted by atomic mass is 15.1. The monoisotopic (exact) mass is 480 g/mol. The van der Waals surface area contributed by atoms with Crippen molar-refractivity contribution in [3.05, 3.63) is 0 Å². The lowest BCUT2D eigenvalue weighted by Gasteiger charge is -2.23. The van der Waals surface area contributed by atoms with E-state index >= 15 is 0 Å². The Morgan fingerprint density at radius 1 is 0.382 bits per heavy atom. The highest BCUT2D eigenvalue weighted by Crippen LogP contribution is 2.21. The Labute approximate surface area is 218 Å². The molecule has 0 saturated carbocycles. The van der Waals surface area contributed by atoms with E-state index in [-0.39, 0.29) is 0 Å². The van der Waals surface area contributed by atoms with E-state index < -0.39 is 0 Å². The van der Waals surface area contributed by atoms with Crippen molar-refractivity contribution < 1.29 is 0 Å². The molecule has 0 bridgehead atoms. The molecule has 0 atom stereocenters. The number of hydrogen-bond acceptors (Lipinski definition) is 1. The fourth-order valence-electron chi connectivity index (χ4n) is 5.44. The van der Waals surface area contributed by atoms with Crippen molar-refractivity contribution in [2.45, 2.75) is 188 Å². The second-order valence-electron chi connectivity index (χ2n) is 11.6. The van der Waals surface area contributed by atoms with Crippen molar-refractivity contribution in [2.75, 3.05) is 20.1 Å². The highest BCUT2D eigenvalue weighted by molar-refractivity contribution is 4.65. The summed E-state index contributed by atoms with van der Waals surface area (Å²) in [5.74, 6) is 0.941. The van der Waals surface area contributed by atoms with Crippen molar-refractivity contribution in [3.63, 3.8) is 0 Å². The van der Waals surface area contributed by atoms with Crippen molar-refractivity contribution in [2.24, 2.45) is 5.92 Å². The lowest BCUT2D eigenvalue weighted by atomic mass is 9.93. The molecule has 0 amide bonds. The summed E-state index contributed by atoms with van der Waals surface area (Å²) in [7, 11) is 2.32. The minimum atomic E-state index is 0.941. The lowest BCUT2D eigenvalue weighted by molar-refractivity contribution is 0.259. The standard InChI is InChI=1S/C33H69N/c1-5-8-10-12-14-16-18-20-22-24-26-28-30-33(32-34(4)7-3)31-29-27-25-23-21-19-17-15-13-11-9-6-2/h33H,5-32H2,1-4H3. The Morgan fingerprint density at radius 3 is 0.912 bits per heavy atom. The predicted octanol–water partition coefficient (Wildman–Crippen LogP) is 11.7. The van der Waals surface area contributed by atoms with Crippen molar-refractivity contribution in [3.8, 4) is 0 Å². The molecule has 0 aromatic carbocycles. The molecule has 0 rings (SSSR count). The zero-order valence-corrected chi connectivity index (χ0v) is 24.8. The van der Waals surface area contributed by atoms with Gasteiger partial charge in [0.1, 0.15) is 0 Å². The third-order valence-corrected chi connectivity index (χ3v) is 8.04. The second-order valence-corrected chi connectivity index (χ2v) is 11.6. The van der Waals surface area contributed by atoms with Crippen LogP contribution in [0.1, 0.15) is 188 Å². The molecule has 0 fully saturated rings. The molecule has 0 spiro atoms. The van der Waals surface area contributed by atoms with Gasteiger partial charge in [0.15, 0.2) is 0 Å². The van der Waals surface area contributed by atoms with E-state index in [1.165, 1.54) is 180 Å². The molecule has 0 saturated heterocycles. The summed E-state index contributed by atoms with van der Waals surface area (Å²) in [4.78, 5) is 2.55. The Morgan fingerprint density at radius 2 is 0.647 bits per heavy atom. The Hall–Kier alpha value is -0.0400.